The first kappa shape index (κ1) is 27.8. The molecule has 0 atom stereocenters. The summed E-state index contributed by atoms with van der Waals surface area (Å²) in [6, 6.07) is 32.5. The minimum atomic E-state index is -3.27. The molecular formula is C33H34N2O3Si. The van der Waals surface area contributed by atoms with Gasteiger partial charge in [-0.3, -0.25) is 9.59 Å². The molecule has 3 aromatic rings. The van der Waals surface area contributed by atoms with Gasteiger partial charge >= 0.3 is 8.32 Å². The molecule has 1 aliphatic carbocycles. The van der Waals surface area contributed by atoms with Crippen LogP contribution in [-0.4, -0.2) is 38.9 Å². The maximum atomic E-state index is 13.7. The molecule has 0 spiro atoms. The van der Waals surface area contributed by atoms with Crippen molar-refractivity contribution in [2.45, 2.75) is 33.6 Å². The normalized spacial score (nSPS) is 14.2. The number of rotatable bonds is 9. The topological polar surface area (TPSA) is 70.4 Å². The summed E-state index contributed by atoms with van der Waals surface area (Å²) >= 11 is 0. The Hall–Kier alpha value is -4.21. The molecule has 4 rings (SSSR count). The number of carbonyl (C=O) groups excluding carboxylic acids is 2. The fourth-order valence-corrected chi connectivity index (χ4v) is 8.90. The molecule has 0 saturated heterocycles. The van der Waals surface area contributed by atoms with E-state index in [1.54, 1.807) is 0 Å². The molecule has 0 unspecified atom stereocenters. The molecule has 0 bridgehead atoms. The summed E-state index contributed by atoms with van der Waals surface area (Å²) in [6.45, 7) is 5.82. The van der Waals surface area contributed by atoms with E-state index in [4.69, 9.17) is 4.43 Å². The number of benzene rings is 3. The number of allylic oxidation sites excluding steroid dienone is 4. The lowest BCUT2D eigenvalue weighted by Gasteiger charge is -2.36. The monoisotopic (exact) mass is 534 g/mol. The van der Waals surface area contributed by atoms with Crippen LogP contribution in [0.15, 0.2) is 114 Å². The summed E-state index contributed by atoms with van der Waals surface area (Å²) in [6.07, 6.45) is 0.0783. The molecular weight excluding hydrogens is 500 g/mol. The quantitative estimate of drug-likeness (QED) is 0.135. The first-order valence-electron chi connectivity index (χ1n) is 13.1. The molecule has 5 nitrogen and oxygen atoms in total. The zero-order valence-corrected chi connectivity index (χ0v) is 24.2. The van der Waals surface area contributed by atoms with Gasteiger partial charge < -0.3 is 9.33 Å². The van der Waals surface area contributed by atoms with Crippen molar-refractivity contribution in [1.29, 1.82) is 5.26 Å². The Balaban J connectivity index is 1.98. The van der Waals surface area contributed by atoms with Crippen LogP contribution >= 0.6 is 0 Å². The summed E-state index contributed by atoms with van der Waals surface area (Å²) in [7, 11) is 0.392. The van der Waals surface area contributed by atoms with Gasteiger partial charge in [-0.05, 0) is 15.6 Å². The third-order valence-electron chi connectivity index (χ3n) is 6.99. The summed E-state index contributed by atoms with van der Waals surface area (Å²) in [5, 5.41) is 13.4. The zero-order chi connectivity index (χ0) is 28.2. The lowest BCUT2D eigenvalue weighted by atomic mass is 9.83. The van der Waals surface area contributed by atoms with Crippen molar-refractivity contribution < 1.29 is 14.0 Å². The van der Waals surface area contributed by atoms with Gasteiger partial charge in [-0.15, -0.1) is 0 Å². The Morgan fingerprint density at radius 1 is 0.872 bits per heavy atom. The number of hydrogen-bond donors (Lipinski definition) is 0. The highest BCUT2D eigenvalue weighted by Crippen LogP contribution is 2.34. The Bertz CT molecular complexity index is 1370. The van der Waals surface area contributed by atoms with Gasteiger partial charge in [0.15, 0.2) is 11.6 Å². The molecule has 0 radical (unpaired) electrons. The highest BCUT2D eigenvalue weighted by molar-refractivity contribution is 7.07. The molecule has 0 saturated carbocycles. The maximum Gasteiger partial charge on any atom is 0.346 e. The van der Waals surface area contributed by atoms with Crippen LogP contribution in [0.4, 0.5) is 0 Å². The van der Waals surface area contributed by atoms with Crippen molar-refractivity contribution in [3.8, 4) is 6.07 Å². The molecule has 6 heteroatoms. The third kappa shape index (κ3) is 5.50. The lowest BCUT2D eigenvalue weighted by molar-refractivity contribution is -0.123. The fraction of sp³-hybridized carbons (Fsp3) is 0.242. The van der Waals surface area contributed by atoms with Gasteiger partial charge in [0.2, 0.25) is 0 Å². The summed E-state index contributed by atoms with van der Waals surface area (Å²) in [5.41, 5.74) is 0.737. The number of hydrogen-bond acceptors (Lipinski definition) is 5. The maximum absolute atomic E-state index is 13.7. The van der Waals surface area contributed by atoms with E-state index >= 15 is 0 Å². The summed E-state index contributed by atoms with van der Waals surface area (Å²) < 4.78 is 7.22. The molecule has 0 aromatic heterocycles. The number of carbonyl (C=O) groups is 2. The van der Waals surface area contributed by atoms with Gasteiger partial charge in [-0.2, -0.15) is 5.26 Å². The molecule has 0 aliphatic heterocycles. The van der Waals surface area contributed by atoms with Crippen molar-refractivity contribution >= 4 is 35.4 Å². The predicted octanol–water partition coefficient (Wildman–Crippen LogP) is 4.24. The largest absolute Gasteiger partial charge is 0.532 e. The molecule has 0 heterocycles. The van der Waals surface area contributed by atoms with E-state index < -0.39 is 13.7 Å². The highest BCUT2D eigenvalue weighted by atomic mass is 28.4. The minimum absolute atomic E-state index is 0.167. The van der Waals surface area contributed by atoms with Gasteiger partial charge in [0.25, 0.3) is 0 Å². The standard InChI is InChI=1S/C33H34N2O3Si/c1-33(2,3)27(23-34)31(22-30(37)32-28(35(4)5)21-29(32)36)38-39(24-15-9-6-10-16-24,25-17-11-7-12-18-25)26-19-13-8-14-20-26/h6-20H,21-22H2,1-5H3/b31-27+. The minimum Gasteiger partial charge on any atom is -0.532 e. The van der Waals surface area contributed by atoms with Crippen molar-refractivity contribution in [1.82, 2.24) is 4.90 Å². The van der Waals surface area contributed by atoms with Crippen molar-refractivity contribution in [2.24, 2.45) is 5.41 Å². The molecule has 1 aliphatic rings. The molecule has 0 fully saturated rings. The second-order valence-corrected chi connectivity index (χ2v) is 14.3. The second kappa shape index (κ2) is 11.3. The molecule has 0 N–H and O–H groups in total. The third-order valence-corrected chi connectivity index (χ3v) is 11.0. The Labute approximate surface area is 232 Å². The van der Waals surface area contributed by atoms with E-state index in [9.17, 15) is 14.9 Å². The van der Waals surface area contributed by atoms with Crippen LogP contribution in [0.5, 0.6) is 0 Å². The number of nitriles is 1. The van der Waals surface area contributed by atoms with Crippen molar-refractivity contribution in [3.63, 3.8) is 0 Å². The summed E-state index contributed by atoms with van der Waals surface area (Å²) in [5.74, 6) is -0.169. The molecule has 198 valence electrons. The van der Waals surface area contributed by atoms with E-state index in [-0.39, 0.29) is 30.0 Å². The van der Waals surface area contributed by atoms with Crippen LogP contribution < -0.4 is 15.6 Å². The smallest absolute Gasteiger partial charge is 0.346 e. The molecule has 0 amide bonds. The van der Waals surface area contributed by atoms with Gasteiger partial charge in [0, 0.05) is 25.2 Å². The first-order valence-corrected chi connectivity index (χ1v) is 15.0. The number of Topliss-reactive ketones (excluding diaryl/α,β-unsaturated/α-hetero) is 2. The van der Waals surface area contributed by atoms with Gasteiger partial charge in [0.1, 0.15) is 5.76 Å². The zero-order valence-electron chi connectivity index (χ0n) is 23.2. The van der Waals surface area contributed by atoms with Gasteiger partial charge in [-0.1, -0.05) is 112 Å². The molecule has 39 heavy (non-hydrogen) atoms. The van der Waals surface area contributed by atoms with E-state index in [2.05, 4.69) is 42.5 Å². The van der Waals surface area contributed by atoms with Crippen molar-refractivity contribution in [2.75, 3.05) is 14.1 Å². The van der Waals surface area contributed by atoms with E-state index in [0.717, 1.165) is 21.3 Å². The van der Waals surface area contributed by atoms with Crippen LogP contribution in [0.2, 0.25) is 0 Å². The van der Waals surface area contributed by atoms with Crippen molar-refractivity contribution in [3.05, 3.63) is 114 Å². The van der Waals surface area contributed by atoms with Crippen LogP contribution in [-0.2, 0) is 14.0 Å². The fourth-order valence-electron chi connectivity index (χ4n) is 5.02. The SMILES string of the molecule is CN(C)C1=C(C(=O)C/C(O[Si](c2ccccc2)(c2ccccc2)c2ccccc2)=C(/C#N)C(C)(C)C)C(=O)C1. The van der Waals surface area contributed by atoms with Crippen LogP contribution in [0.3, 0.4) is 0 Å². The predicted molar refractivity (Wildman–Crippen MR) is 157 cm³/mol. The summed E-state index contributed by atoms with van der Waals surface area (Å²) in [4.78, 5) is 28.0. The average Bonchev–Trinajstić information content (AvgIpc) is 2.91. The molecule has 3 aromatic carbocycles. The average molecular weight is 535 g/mol. The lowest BCUT2D eigenvalue weighted by Crippen LogP contribution is -2.69. The van der Waals surface area contributed by atoms with Crippen LogP contribution in [0, 0.1) is 16.7 Å². The highest BCUT2D eigenvalue weighted by Gasteiger charge is 2.46. The second-order valence-electron chi connectivity index (χ2n) is 11.0. The Kier molecular flexibility index (Phi) is 8.03. The number of nitrogens with zero attached hydrogens (tertiary/aromatic N) is 2. The van der Waals surface area contributed by atoms with Crippen LogP contribution in [0.1, 0.15) is 33.6 Å². The van der Waals surface area contributed by atoms with Gasteiger partial charge in [0.05, 0.1) is 30.1 Å². The van der Waals surface area contributed by atoms with E-state index in [0.29, 0.717) is 11.3 Å². The van der Waals surface area contributed by atoms with Crippen LogP contribution in [0.25, 0.3) is 0 Å². The first-order chi connectivity index (χ1) is 18.6. The van der Waals surface area contributed by atoms with Gasteiger partial charge in [-0.25, -0.2) is 0 Å². The van der Waals surface area contributed by atoms with E-state index in [1.165, 1.54) is 0 Å². The van der Waals surface area contributed by atoms with E-state index in [1.807, 2.05) is 94.4 Å². The number of ketones is 2. The Morgan fingerprint density at radius 2 is 1.31 bits per heavy atom. The Morgan fingerprint density at radius 3 is 1.64 bits per heavy atom.